The number of ether oxygens (including phenoxy) is 1. The maximum Gasteiger partial charge on any atom is 0.271 e. The van der Waals surface area contributed by atoms with Crippen LogP contribution in [0.25, 0.3) is 11.3 Å². The zero-order chi connectivity index (χ0) is 23.5. The first-order valence-corrected chi connectivity index (χ1v) is 11.3. The largest absolute Gasteiger partial charge is 0.496 e. The average molecular weight is 461 g/mol. The highest BCUT2D eigenvalue weighted by molar-refractivity contribution is 5.93. The molecule has 1 aliphatic heterocycles. The molecule has 0 saturated carbocycles. The number of carbonyl (C=O) groups excluding carboxylic acids is 1. The van der Waals surface area contributed by atoms with Gasteiger partial charge in [-0.3, -0.25) is 9.89 Å². The van der Waals surface area contributed by atoms with Gasteiger partial charge < -0.3 is 14.1 Å². The quantitative estimate of drug-likeness (QED) is 0.446. The summed E-state index contributed by atoms with van der Waals surface area (Å²) in [6.07, 6.45) is 4.02. The van der Waals surface area contributed by atoms with Crippen molar-refractivity contribution in [2.75, 3.05) is 20.2 Å². The summed E-state index contributed by atoms with van der Waals surface area (Å²) in [5, 5.41) is 7.21. The van der Waals surface area contributed by atoms with E-state index in [9.17, 15) is 9.18 Å². The van der Waals surface area contributed by atoms with Gasteiger partial charge in [-0.05, 0) is 48.7 Å². The number of hydrogen-bond acceptors (Lipinski definition) is 5. The van der Waals surface area contributed by atoms with Crippen LogP contribution in [0.1, 0.15) is 46.5 Å². The van der Waals surface area contributed by atoms with Gasteiger partial charge >= 0.3 is 0 Å². The molecule has 0 radical (unpaired) electrons. The van der Waals surface area contributed by atoms with Gasteiger partial charge in [0.25, 0.3) is 5.91 Å². The summed E-state index contributed by atoms with van der Waals surface area (Å²) >= 11 is 0. The molecule has 2 aromatic heterocycles. The van der Waals surface area contributed by atoms with E-state index in [0.29, 0.717) is 42.5 Å². The van der Waals surface area contributed by atoms with Crippen LogP contribution in [0.4, 0.5) is 4.39 Å². The third kappa shape index (κ3) is 4.57. The normalized spacial score (nSPS) is 15.9. The number of halogens is 1. The summed E-state index contributed by atoms with van der Waals surface area (Å²) in [6, 6.07) is 15.7. The van der Waals surface area contributed by atoms with Crippen molar-refractivity contribution < 1.29 is 18.3 Å². The molecule has 0 bridgehead atoms. The van der Waals surface area contributed by atoms with Gasteiger partial charge in [0.15, 0.2) is 5.89 Å². The van der Waals surface area contributed by atoms with E-state index in [1.807, 2.05) is 29.2 Å². The van der Waals surface area contributed by atoms with E-state index in [1.165, 1.54) is 12.1 Å². The molecule has 34 heavy (non-hydrogen) atoms. The fourth-order valence-corrected chi connectivity index (χ4v) is 4.36. The van der Waals surface area contributed by atoms with Crippen LogP contribution in [0.5, 0.6) is 5.75 Å². The van der Waals surface area contributed by atoms with E-state index in [4.69, 9.17) is 9.15 Å². The van der Waals surface area contributed by atoms with Crippen LogP contribution in [-0.2, 0) is 6.42 Å². The fourth-order valence-electron chi connectivity index (χ4n) is 4.36. The van der Waals surface area contributed by atoms with Crippen molar-refractivity contribution in [2.45, 2.75) is 25.2 Å². The summed E-state index contributed by atoms with van der Waals surface area (Å²) in [5.74, 6) is 1.72. The van der Waals surface area contributed by atoms with Gasteiger partial charge in [-0.15, -0.1) is 0 Å². The number of aromatic amines is 1. The molecule has 0 spiro atoms. The van der Waals surface area contributed by atoms with Gasteiger partial charge in [-0.2, -0.15) is 5.10 Å². The maximum atomic E-state index is 13.2. The minimum Gasteiger partial charge on any atom is -0.496 e. The first-order chi connectivity index (χ1) is 16.6. The van der Waals surface area contributed by atoms with Gasteiger partial charge in [0.1, 0.15) is 23.0 Å². The Balaban J connectivity index is 1.27. The fraction of sp³-hybridized carbons (Fsp3) is 0.269. The third-order valence-electron chi connectivity index (χ3n) is 6.11. The minimum atomic E-state index is -0.263. The molecule has 7 nitrogen and oxygen atoms in total. The molecule has 1 amide bonds. The molecule has 0 unspecified atom stereocenters. The predicted molar refractivity (Wildman–Crippen MR) is 124 cm³/mol. The number of para-hydroxylation sites is 1. The first-order valence-electron chi connectivity index (χ1n) is 11.3. The Bertz CT molecular complexity index is 1280. The highest BCUT2D eigenvalue weighted by Gasteiger charge is 2.29. The van der Waals surface area contributed by atoms with Crippen molar-refractivity contribution in [3.05, 3.63) is 89.5 Å². The number of amides is 1. The lowest BCUT2D eigenvalue weighted by Gasteiger charge is -2.30. The van der Waals surface area contributed by atoms with Crippen LogP contribution in [0.3, 0.4) is 0 Å². The van der Waals surface area contributed by atoms with Crippen LogP contribution in [-0.4, -0.2) is 46.2 Å². The lowest BCUT2D eigenvalue weighted by molar-refractivity contribution is 0.0692. The van der Waals surface area contributed by atoms with Gasteiger partial charge in [-0.1, -0.05) is 24.3 Å². The maximum absolute atomic E-state index is 13.2. The molecule has 174 valence electrons. The summed E-state index contributed by atoms with van der Waals surface area (Å²) in [7, 11) is 1.61. The average Bonchev–Trinajstić information content (AvgIpc) is 3.55. The number of nitrogens with one attached hydrogen (secondary N) is 1. The highest BCUT2D eigenvalue weighted by atomic mass is 19.1. The van der Waals surface area contributed by atoms with Crippen molar-refractivity contribution >= 4 is 5.91 Å². The number of hydrogen-bond donors (Lipinski definition) is 1. The number of nitrogens with zero attached hydrogens (tertiary/aromatic N) is 3. The number of oxazole rings is 1. The zero-order valence-corrected chi connectivity index (χ0v) is 18.8. The SMILES string of the molecule is COc1ccccc1-c1cc(C(=O)N2CCC[C@@H](c3ncc(Cc4ccc(F)cc4)o3)C2)[nH]n1. The van der Waals surface area contributed by atoms with E-state index in [2.05, 4.69) is 15.2 Å². The Morgan fingerprint density at radius 2 is 2.06 bits per heavy atom. The number of likely N-dealkylation sites (tertiary alicyclic amines) is 1. The van der Waals surface area contributed by atoms with Crippen molar-refractivity contribution in [1.82, 2.24) is 20.1 Å². The second-order valence-corrected chi connectivity index (χ2v) is 8.43. The zero-order valence-electron chi connectivity index (χ0n) is 18.8. The Morgan fingerprint density at radius 1 is 1.24 bits per heavy atom. The van der Waals surface area contributed by atoms with Gasteiger partial charge in [0.05, 0.1) is 24.9 Å². The van der Waals surface area contributed by atoms with Crippen molar-refractivity contribution in [2.24, 2.45) is 0 Å². The second kappa shape index (κ2) is 9.51. The topological polar surface area (TPSA) is 84.2 Å². The molecular formula is C26H25FN4O3. The number of piperidine rings is 1. The number of benzene rings is 2. The van der Waals surface area contributed by atoms with Crippen molar-refractivity contribution in [3.8, 4) is 17.0 Å². The molecule has 0 aliphatic carbocycles. The number of carbonyl (C=O) groups is 1. The Kier molecular flexibility index (Phi) is 6.12. The smallest absolute Gasteiger partial charge is 0.271 e. The molecular weight excluding hydrogens is 435 g/mol. The summed E-state index contributed by atoms with van der Waals surface area (Å²) in [6.45, 7) is 1.19. The summed E-state index contributed by atoms with van der Waals surface area (Å²) in [4.78, 5) is 19.5. The molecule has 1 fully saturated rings. The standard InChI is InChI=1S/C26H25FN4O3/c1-33-24-7-3-2-6-21(24)22-14-23(30-29-22)26(32)31-12-4-5-18(16-31)25-28-15-20(34-25)13-17-8-10-19(27)11-9-17/h2-3,6-11,14-15,18H,4-5,12-13,16H2,1H3,(H,29,30)/t18-/m1/s1. The second-order valence-electron chi connectivity index (χ2n) is 8.43. The summed E-state index contributed by atoms with van der Waals surface area (Å²) < 4.78 is 24.6. The molecule has 1 atom stereocenters. The Hall–Kier alpha value is -3.94. The molecule has 1 N–H and O–H groups in total. The molecule has 1 saturated heterocycles. The van der Waals surface area contributed by atoms with E-state index in [-0.39, 0.29) is 17.6 Å². The van der Waals surface area contributed by atoms with E-state index in [1.54, 1.807) is 31.5 Å². The van der Waals surface area contributed by atoms with E-state index in [0.717, 1.165) is 29.7 Å². The van der Waals surface area contributed by atoms with Gasteiger partial charge in [0, 0.05) is 25.1 Å². The highest BCUT2D eigenvalue weighted by Crippen LogP contribution is 2.30. The minimum absolute atomic E-state index is 0.0243. The number of rotatable bonds is 6. The number of methoxy groups -OCH3 is 1. The van der Waals surface area contributed by atoms with Crippen LogP contribution in [0, 0.1) is 5.82 Å². The van der Waals surface area contributed by atoms with E-state index < -0.39 is 0 Å². The van der Waals surface area contributed by atoms with Gasteiger partial charge in [0.2, 0.25) is 0 Å². The molecule has 8 heteroatoms. The molecule has 4 aromatic rings. The monoisotopic (exact) mass is 460 g/mol. The predicted octanol–water partition coefficient (Wildman–Crippen LogP) is 4.82. The lowest BCUT2D eigenvalue weighted by Crippen LogP contribution is -2.39. The summed E-state index contributed by atoms with van der Waals surface area (Å²) in [5.41, 5.74) is 2.87. The number of H-pyrrole nitrogens is 1. The first kappa shape index (κ1) is 21.9. The van der Waals surface area contributed by atoms with Crippen molar-refractivity contribution in [3.63, 3.8) is 0 Å². The number of aromatic nitrogens is 3. The van der Waals surface area contributed by atoms with Crippen LogP contribution >= 0.6 is 0 Å². The molecule has 2 aromatic carbocycles. The molecule has 5 rings (SSSR count). The van der Waals surface area contributed by atoms with Crippen molar-refractivity contribution in [1.29, 1.82) is 0 Å². The lowest BCUT2D eigenvalue weighted by atomic mass is 9.97. The molecule has 3 heterocycles. The van der Waals surface area contributed by atoms with E-state index >= 15 is 0 Å². The van der Waals surface area contributed by atoms with Crippen LogP contribution in [0.15, 0.2) is 65.2 Å². The van der Waals surface area contributed by atoms with Crippen LogP contribution in [0.2, 0.25) is 0 Å². The Morgan fingerprint density at radius 3 is 2.88 bits per heavy atom. The Labute approximate surface area is 196 Å². The van der Waals surface area contributed by atoms with Crippen LogP contribution < -0.4 is 4.74 Å². The van der Waals surface area contributed by atoms with Gasteiger partial charge in [-0.25, -0.2) is 9.37 Å². The molecule has 1 aliphatic rings. The third-order valence-corrected chi connectivity index (χ3v) is 6.11.